The molecule has 0 radical (unpaired) electrons. The Labute approximate surface area is 120 Å². The first-order valence-electron chi connectivity index (χ1n) is 7.30. The predicted octanol–water partition coefficient (Wildman–Crippen LogP) is 2.17. The Balaban J connectivity index is 1.96. The summed E-state index contributed by atoms with van der Waals surface area (Å²) < 4.78 is 0. The van der Waals surface area contributed by atoms with Crippen LogP contribution < -0.4 is 11.1 Å². The molecule has 2 unspecified atom stereocenters. The van der Waals surface area contributed by atoms with Crippen LogP contribution in [0.25, 0.3) is 0 Å². The number of aliphatic hydroxyl groups is 1. The highest BCUT2D eigenvalue weighted by Crippen LogP contribution is 2.24. The highest BCUT2D eigenvalue weighted by atomic mass is 16.3. The number of rotatable bonds is 3. The second kappa shape index (κ2) is 6.27. The number of amides is 1. The number of aliphatic hydroxyl groups excluding tert-OH is 1. The predicted molar refractivity (Wildman–Crippen MR) is 80.6 cm³/mol. The van der Waals surface area contributed by atoms with Crippen molar-refractivity contribution >= 4 is 11.6 Å². The lowest BCUT2D eigenvalue weighted by Crippen LogP contribution is -2.33. The van der Waals surface area contributed by atoms with Crippen LogP contribution in [0, 0.1) is 19.8 Å². The second-order valence-corrected chi connectivity index (χ2v) is 5.92. The van der Waals surface area contributed by atoms with E-state index >= 15 is 0 Å². The molecule has 1 aromatic rings. The molecular weight excluding hydrogens is 252 g/mol. The van der Waals surface area contributed by atoms with Crippen LogP contribution in [0.2, 0.25) is 0 Å². The molecule has 1 aliphatic carbocycles. The van der Waals surface area contributed by atoms with Crippen molar-refractivity contribution in [3.63, 3.8) is 0 Å². The third-order valence-corrected chi connectivity index (χ3v) is 4.16. The van der Waals surface area contributed by atoms with E-state index in [9.17, 15) is 9.90 Å². The summed E-state index contributed by atoms with van der Waals surface area (Å²) in [7, 11) is 0. The largest absolute Gasteiger partial charge is 0.398 e. The van der Waals surface area contributed by atoms with Gasteiger partial charge in [-0.2, -0.15) is 0 Å². The normalized spacial score (nSPS) is 22.6. The minimum Gasteiger partial charge on any atom is -0.398 e. The number of nitrogen functional groups attached to an aromatic ring is 1. The number of nitrogens with one attached hydrogen (secondary N) is 1. The van der Waals surface area contributed by atoms with Gasteiger partial charge >= 0.3 is 0 Å². The number of hydrogen-bond acceptors (Lipinski definition) is 3. The molecule has 0 aromatic heterocycles. The molecule has 2 rings (SSSR count). The maximum atomic E-state index is 12.2. The molecule has 1 aliphatic rings. The molecule has 20 heavy (non-hydrogen) atoms. The van der Waals surface area contributed by atoms with Gasteiger partial charge in [0.2, 0.25) is 0 Å². The van der Waals surface area contributed by atoms with Crippen molar-refractivity contribution in [3.05, 3.63) is 28.8 Å². The van der Waals surface area contributed by atoms with E-state index in [-0.39, 0.29) is 12.0 Å². The second-order valence-electron chi connectivity index (χ2n) is 5.92. The van der Waals surface area contributed by atoms with Gasteiger partial charge in [-0.3, -0.25) is 4.79 Å². The summed E-state index contributed by atoms with van der Waals surface area (Å²) in [5, 5.41) is 12.6. The van der Waals surface area contributed by atoms with Gasteiger partial charge in [0.1, 0.15) is 0 Å². The Morgan fingerprint density at radius 1 is 1.35 bits per heavy atom. The van der Waals surface area contributed by atoms with E-state index in [2.05, 4.69) is 5.32 Å². The minimum atomic E-state index is -0.206. The van der Waals surface area contributed by atoms with Gasteiger partial charge in [-0.05, 0) is 56.2 Å². The number of benzene rings is 1. The van der Waals surface area contributed by atoms with Gasteiger partial charge in [-0.15, -0.1) is 0 Å². The zero-order valence-electron chi connectivity index (χ0n) is 12.3. The van der Waals surface area contributed by atoms with E-state index in [1.54, 1.807) is 6.07 Å². The number of hydrogen-bond donors (Lipinski definition) is 3. The number of carbonyl (C=O) groups is 1. The Kier molecular flexibility index (Phi) is 4.65. The number of nitrogens with two attached hydrogens (primary N) is 1. The lowest BCUT2D eigenvalue weighted by Gasteiger charge is -2.26. The lowest BCUT2D eigenvalue weighted by atomic mass is 9.87. The van der Waals surface area contributed by atoms with E-state index in [4.69, 9.17) is 5.73 Å². The molecule has 0 spiro atoms. The van der Waals surface area contributed by atoms with E-state index in [0.29, 0.717) is 23.7 Å². The van der Waals surface area contributed by atoms with Crippen LogP contribution >= 0.6 is 0 Å². The highest BCUT2D eigenvalue weighted by Gasteiger charge is 2.21. The average Bonchev–Trinajstić information content (AvgIpc) is 2.40. The van der Waals surface area contributed by atoms with E-state index < -0.39 is 0 Å². The third kappa shape index (κ3) is 3.51. The molecule has 4 N–H and O–H groups in total. The van der Waals surface area contributed by atoms with Gasteiger partial charge in [-0.1, -0.05) is 12.5 Å². The fraction of sp³-hybridized carbons (Fsp3) is 0.562. The Morgan fingerprint density at radius 3 is 2.80 bits per heavy atom. The van der Waals surface area contributed by atoms with Crippen LogP contribution in [0.3, 0.4) is 0 Å². The van der Waals surface area contributed by atoms with Crippen LogP contribution in [0.1, 0.15) is 47.2 Å². The number of aryl methyl sites for hydroxylation is 2. The monoisotopic (exact) mass is 276 g/mol. The first kappa shape index (κ1) is 14.9. The molecule has 1 fully saturated rings. The quantitative estimate of drug-likeness (QED) is 0.741. The highest BCUT2D eigenvalue weighted by molar-refractivity contribution is 5.96. The Hall–Kier alpha value is -1.55. The van der Waals surface area contributed by atoms with Crippen LogP contribution in [0.5, 0.6) is 0 Å². The minimum absolute atomic E-state index is 0.0748. The fourth-order valence-corrected chi connectivity index (χ4v) is 2.89. The molecule has 0 saturated heterocycles. The lowest BCUT2D eigenvalue weighted by molar-refractivity contribution is 0.0873. The van der Waals surface area contributed by atoms with Gasteiger partial charge in [0.15, 0.2) is 0 Å². The molecule has 2 atom stereocenters. The van der Waals surface area contributed by atoms with Crippen molar-refractivity contribution in [1.82, 2.24) is 5.32 Å². The van der Waals surface area contributed by atoms with Crippen LogP contribution in [0.4, 0.5) is 5.69 Å². The van der Waals surface area contributed by atoms with Crippen molar-refractivity contribution in [3.8, 4) is 0 Å². The summed E-state index contributed by atoms with van der Waals surface area (Å²) in [4.78, 5) is 12.2. The standard InChI is InChI=1S/C16H24N2O2/c1-10-6-11(2)15(17)8-14(10)16(20)18-9-12-4-3-5-13(19)7-12/h6,8,12-13,19H,3-5,7,9,17H2,1-2H3,(H,18,20). The van der Waals surface area contributed by atoms with Crippen molar-refractivity contribution in [2.75, 3.05) is 12.3 Å². The summed E-state index contributed by atoms with van der Waals surface area (Å²) >= 11 is 0. The molecule has 110 valence electrons. The van der Waals surface area contributed by atoms with Crippen molar-refractivity contribution < 1.29 is 9.90 Å². The van der Waals surface area contributed by atoms with Gasteiger partial charge in [-0.25, -0.2) is 0 Å². The SMILES string of the molecule is Cc1cc(C)c(C(=O)NCC2CCCC(O)C2)cc1N. The number of anilines is 1. The summed E-state index contributed by atoms with van der Waals surface area (Å²) in [6, 6.07) is 3.68. The van der Waals surface area contributed by atoms with Gasteiger partial charge in [0.05, 0.1) is 6.10 Å². The van der Waals surface area contributed by atoms with Gasteiger partial charge < -0.3 is 16.2 Å². The maximum Gasteiger partial charge on any atom is 0.251 e. The summed E-state index contributed by atoms with van der Waals surface area (Å²) in [6.07, 6.45) is 3.58. The molecule has 0 aliphatic heterocycles. The first-order chi connectivity index (χ1) is 9.47. The van der Waals surface area contributed by atoms with Crippen LogP contribution in [-0.2, 0) is 0 Å². The molecule has 0 bridgehead atoms. The van der Waals surface area contributed by atoms with E-state index in [0.717, 1.165) is 36.8 Å². The molecular formula is C16H24N2O2. The smallest absolute Gasteiger partial charge is 0.251 e. The Bertz CT molecular complexity index is 499. The molecule has 1 saturated carbocycles. The molecule has 0 heterocycles. The molecule has 1 amide bonds. The van der Waals surface area contributed by atoms with Crippen LogP contribution in [0.15, 0.2) is 12.1 Å². The first-order valence-corrected chi connectivity index (χ1v) is 7.30. The van der Waals surface area contributed by atoms with Crippen molar-refractivity contribution in [2.45, 2.75) is 45.6 Å². The fourth-order valence-electron chi connectivity index (χ4n) is 2.89. The zero-order chi connectivity index (χ0) is 14.7. The summed E-state index contributed by atoms with van der Waals surface area (Å²) in [5.41, 5.74) is 9.10. The van der Waals surface area contributed by atoms with Crippen LogP contribution in [-0.4, -0.2) is 23.7 Å². The zero-order valence-corrected chi connectivity index (χ0v) is 12.3. The van der Waals surface area contributed by atoms with E-state index in [1.807, 2.05) is 19.9 Å². The topological polar surface area (TPSA) is 75.3 Å². The van der Waals surface area contributed by atoms with Gasteiger partial charge in [0.25, 0.3) is 5.91 Å². The van der Waals surface area contributed by atoms with Crippen molar-refractivity contribution in [2.24, 2.45) is 5.92 Å². The molecule has 4 nitrogen and oxygen atoms in total. The maximum absolute atomic E-state index is 12.2. The summed E-state index contributed by atoms with van der Waals surface area (Å²) in [5.74, 6) is 0.306. The van der Waals surface area contributed by atoms with E-state index in [1.165, 1.54) is 0 Å². The summed E-state index contributed by atoms with van der Waals surface area (Å²) in [6.45, 7) is 4.49. The molecule has 4 heteroatoms. The number of carbonyl (C=O) groups excluding carboxylic acids is 1. The average molecular weight is 276 g/mol. The van der Waals surface area contributed by atoms with Crippen molar-refractivity contribution in [1.29, 1.82) is 0 Å². The van der Waals surface area contributed by atoms with Gasteiger partial charge in [0, 0.05) is 17.8 Å². The Morgan fingerprint density at radius 2 is 2.10 bits per heavy atom. The molecule has 1 aromatic carbocycles. The third-order valence-electron chi connectivity index (χ3n) is 4.16.